The van der Waals surface area contributed by atoms with Crippen molar-refractivity contribution in [1.82, 2.24) is 10.3 Å². The van der Waals surface area contributed by atoms with Gasteiger partial charge in [0.2, 0.25) is 0 Å². The van der Waals surface area contributed by atoms with Gasteiger partial charge in [0.1, 0.15) is 36.9 Å². The topological polar surface area (TPSA) is 108 Å². The van der Waals surface area contributed by atoms with Crippen LogP contribution in [0.25, 0.3) is 10.9 Å². The normalized spacial score (nSPS) is 12.0. The summed E-state index contributed by atoms with van der Waals surface area (Å²) >= 11 is 0. The van der Waals surface area contributed by atoms with Crippen LogP contribution in [-0.4, -0.2) is 54.3 Å². The Hall–Kier alpha value is -4.41. The summed E-state index contributed by atoms with van der Waals surface area (Å²) < 4.78 is 44.0. The number of benzene rings is 3. The third-order valence-electron chi connectivity index (χ3n) is 6.06. The number of aliphatic hydroxyl groups is 1. The Morgan fingerprint density at radius 2 is 1.58 bits per heavy atom. The quantitative estimate of drug-likeness (QED) is 0.177. The maximum absolute atomic E-state index is 15.1. The molecule has 0 aliphatic rings. The van der Waals surface area contributed by atoms with Crippen LogP contribution in [0.1, 0.15) is 31.9 Å². The fraction of sp³-hybridized carbons (Fsp3) is 0.333. The number of amides is 1. The Morgan fingerprint density at radius 1 is 0.930 bits per heavy atom. The minimum Gasteiger partial charge on any atom is -0.489 e. The molecule has 0 saturated carbocycles. The maximum Gasteiger partial charge on any atom is 0.407 e. The Balaban J connectivity index is 1.47. The number of rotatable bonds is 14. The van der Waals surface area contributed by atoms with E-state index in [1.54, 1.807) is 32.9 Å². The van der Waals surface area contributed by atoms with Gasteiger partial charge in [0.15, 0.2) is 11.6 Å². The third kappa shape index (κ3) is 9.83. The minimum atomic E-state index is -0.704. The molecular formula is C33H37FN2O7. The number of nitrogens with zero attached hydrogens (tertiary/aromatic N) is 1. The molecule has 0 spiro atoms. The van der Waals surface area contributed by atoms with E-state index in [0.717, 1.165) is 17.3 Å². The summed E-state index contributed by atoms with van der Waals surface area (Å²) in [4.78, 5) is 16.2. The number of pyridine rings is 1. The Morgan fingerprint density at radius 3 is 2.21 bits per heavy atom. The van der Waals surface area contributed by atoms with Crippen LogP contribution in [0.2, 0.25) is 0 Å². The van der Waals surface area contributed by atoms with Crippen molar-refractivity contribution in [3.63, 3.8) is 0 Å². The molecule has 1 heterocycles. The Bertz CT molecular complexity index is 1460. The van der Waals surface area contributed by atoms with Gasteiger partial charge in [-0.25, -0.2) is 9.18 Å². The molecule has 10 heteroatoms. The van der Waals surface area contributed by atoms with E-state index in [4.69, 9.17) is 23.7 Å². The van der Waals surface area contributed by atoms with Gasteiger partial charge in [-0.1, -0.05) is 60.7 Å². The number of hydrogen-bond acceptors (Lipinski definition) is 8. The molecule has 0 saturated heterocycles. The van der Waals surface area contributed by atoms with Crippen LogP contribution in [0, 0.1) is 5.82 Å². The lowest BCUT2D eigenvalue weighted by atomic mass is 10.1. The second kappa shape index (κ2) is 15.2. The second-order valence-corrected chi connectivity index (χ2v) is 10.7. The SMILES string of the molecule is CC(C)(C)OC(=O)NC[C@@H](CO)OCCOc1c(F)cnc2cc(OCc3ccccc3)cc(OCc3ccccc3)c12. The molecule has 0 aliphatic heterocycles. The lowest BCUT2D eigenvalue weighted by Gasteiger charge is -2.21. The summed E-state index contributed by atoms with van der Waals surface area (Å²) in [6, 6.07) is 22.7. The molecule has 0 bridgehead atoms. The minimum absolute atomic E-state index is 0.0168. The molecule has 1 atom stereocenters. The summed E-state index contributed by atoms with van der Waals surface area (Å²) in [6.45, 7) is 5.49. The average Bonchev–Trinajstić information content (AvgIpc) is 2.99. The van der Waals surface area contributed by atoms with Crippen molar-refractivity contribution in [2.45, 2.75) is 45.7 Å². The van der Waals surface area contributed by atoms with Gasteiger partial charge >= 0.3 is 6.09 Å². The van der Waals surface area contributed by atoms with E-state index in [1.165, 1.54) is 0 Å². The predicted molar refractivity (Wildman–Crippen MR) is 160 cm³/mol. The van der Waals surface area contributed by atoms with Crippen molar-refractivity contribution >= 4 is 17.0 Å². The molecule has 1 amide bonds. The highest BCUT2D eigenvalue weighted by atomic mass is 19.1. The average molecular weight is 593 g/mol. The molecule has 4 aromatic rings. The Labute approximate surface area is 250 Å². The van der Waals surface area contributed by atoms with Crippen molar-refractivity contribution in [3.05, 3.63) is 95.9 Å². The number of carbonyl (C=O) groups is 1. The van der Waals surface area contributed by atoms with Gasteiger partial charge < -0.3 is 34.1 Å². The summed E-state index contributed by atoms with van der Waals surface area (Å²) in [5.41, 5.74) is 1.71. The summed E-state index contributed by atoms with van der Waals surface area (Å²) in [5, 5.41) is 12.6. The zero-order valence-corrected chi connectivity index (χ0v) is 24.5. The largest absolute Gasteiger partial charge is 0.489 e. The highest BCUT2D eigenvalue weighted by molar-refractivity contribution is 5.92. The molecule has 2 N–H and O–H groups in total. The summed E-state index contributed by atoms with van der Waals surface area (Å²) in [6.07, 6.45) is -0.239. The van der Waals surface area contributed by atoms with E-state index < -0.39 is 23.6 Å². The van der Waals surface area contributed by atoms with Gasteiger partial charge in [0, 0.05) is 18.7 Å². The van der Waals surface area contributed by atoms with Crippen LogP contribution in [0.15, 0.2) is 79.0 Å². The number of alkyl carbamates (subject to hydrolysis) is 1. The number of fused-ring (bicyclic) bond motifs is 1. The van der Waals surface area contributed by atoms with Crippen LogP contribution < -0.4 is 19.5 Å². The molecule has 3 aromatic carbocycles. The molecule has 4 rings (SSSR count). The van der Waals surface area contributed by atoms with Crippen LogP contribution in [-0.2, 0) is 22.7 Å². The standard InChI is InChI=1S/C33H37FN2O7/c1-33(2,3)43-32(38)36-18-26(20-37)39-14-15-40-31-27(34)19-35-28-16-25(41-21-23-10-6-4-7-11-23)17-29(30(28)31)42-22-24-12-8-5-9-13-24/h4-13,16-17,19,26,37H,14-15,18,20-22H2,1-3H3,(H,36,38)/t26-/m0/s1. The second-order valence-electron chi connectivity index (χ2n) is 10.7. The lowest BCUT2D eigenvalue weighted by molar-refractivity contribution is -0.00250. The van der Waals surface area contributed by atoms with E-state index in [1.807, 2.05) is 60.7 Å². The first-order valence-electron chi connectivity index (χ1n) is 14.0. The first kappa shape index (κ1) is 31.5. The van der Waals surface area contributed by atoms with E-state index in [-0.39, 0.29) is 38.7 Å². The molecule has 0 aliphatic carbocycles. The summed E-state index contributed by atoms with van der Waals surface area (Å²) in [7, 11) is 0. The van der Waals surface area contributed by atoms with Crippen molar-refractivity contribution in [2.24, 2.45) is 0 Å². The van der Waals surface area contributed by atoms with Gasteiger partial charge in [0.05, 0.1) is 36.4 Å². The third-order valence-corrected chi connectivity index (χ3v) is 6.06. The van der Waals surface area contributed by atoms with Crippen molar-refractivity contribution in [1.29, 1.82) is 0 Å². The number of nitrogens with one attached hydrogen (secondary N) is 1. The van der Waals surface area contributed by atoms with Gasteiger partial charge in [-0.3, -0.25) is 4.98 Å². The van der Waals surface area contributed by atoms with E-state index in [2.05, 4.69) is 10.3 Å². The van der Waals surface area contributed by atoms with Crippen molar-refractivity contribution in [2.75, 3.05) is 26.4 Å². The molecule has 9 nitrogen and oxygen atoms in total. The highest BCUT2D eigenvalue weighted by Crippen LogP contribution is 2.39. The number of halogens is 1. The van der Waals surface area contributed by atoms with Crippen LogP contribution in [0.4, 0.5) is 9.18 Å². The first-order valence-corrected chi connectivity index (χ1v) is 14.0. The summed E-state index contributed by atoms with van der Waals surface area (Å²) in [5.74, 6) is 0.150. The van der Waals surface area contributed by atoms with E-state index >= 15 is 4.39 Å². The van der Waals surface area contributed by atoms with Crippen molar-refractivity contribution in [3.8, 4) is 17.2 Å². The Kier molecular flexibility index (Phi) is 11.1. The van der Waals surface area contributed by atoms with E-state index in [0.29, 0.717) is 29.0 Å². The van der Waals surface area contributed by atoms with Gasteiger partial charge in [-0.05, 0) is 31.9 Å². The number of aromatic nitrogens is 1. The first-order chi connectivity index (χ1) is 20.7. The lowest BCUT2D eigenvalue weighted by Crippen LogP contribution is -2.39. The molecule has 43 heavy (non-hydrogen) atoms. The highest BCUT2D eigenvalue weighted by Gasteiger charge is 2.20. The monoisotopic (exact) mass is 592 g/mol. The molecule has 1 aromatic heterocycles. The van der Waals surface area contributed by atoms with E-state index in [9.17, 15) is 9.90 Å². The molecular weight excluding hydrogens is 555 g/mol. The molecule has 0 unspecified atom stereocenters. The smallest absolute Gasteiger partial charge is 0.407 e. The maximum atomic E-state index is 15.1. The van der Waals surface area contributed by atoms with Crippen LogP contribution >= 0.6 is 0 Å². The number of hydrogen-bond donors (Lipinski definition) is 2. The van der Waals surface area contributed by atoms with Crippen LogP contribution in [0.5, 0.6) is 17.2 Å². The van der Waals surface area contributed by atoms with Crippen molar-refractivity contribution < 1.29 is 38.0 Å². The molecule has 0 fully saturated rings. The predicted octanol–water partition coefficient (Wildman–Crippen LogP) is 5.81. The number of carbonyl (C=O) groups excluding carboxylic acids is 1. The molecule has 0 radical (unpaired) electrons. The van der Waals surface area contributed by atoms with Gasteiger partial charge in [-0.2, -0.15) is 0 Å². The number of aliphatic hydroxyl groups excluding tert-OH is 1. The van der Waals surface area contributed by atoms with Gasteiger partial charge in [0.25, 0.3) is 0 Å². The zero-order chi connectivity index (χ0) is 30.7. The zero-order valence-electron chi connectivity index (χ0n) is 24.5. The number of ether oxygens (including phenoxy) is 5. The van der Waals surface area contributed by atoms with Crippen LogP contribution in [0.3, 0.4) is 0 Å². The molecule has 228 valence electrons. The fourth-order valence-electron chi connectivity index (χ4n) is 4.07. The van der Waals surface area contributed by atoms with Gasteiger partial charge in [-0.15, -0.1) is 0 Å². The fourth-order valence-corrected chi connectivity index (χ4v) is 4.07.